The highest BCUT2D eigenvalue weighted by Crippen LogP contribution is 2.36. The van der Waals surface area contributed by atoms with Gasteiger partial charge in [0.2, 0.25) is 0 Å². The maximum Gasteiger partial charge on any atom is 0.338 e. The van der Waals surface area contributed by atoms with Crippen LogP contribution in [0.25, 0.3) is 11.8 Å². The SMILES string of the molecule is CCOC(=O)C1=C(c2ccccc2)N=c2s/c(=C\c3cc(I)c(OCc4ccc(C#N)cc4)c(OC)c3)c(=O)n2[C@H]1c1ccc(F)cc1. The first-order chi connectivity index (χ1) is 23.3. The molecule has 0 amide bonds. The Labute approximate surface area is 292 Å². The largest absolute Gasteiger partial charge is 0.493 e. The summed E-state index contributed by atoms with van der Waals surface area (Å²) in [7, 11) is 1.54. The Morgan fingerprint density at radius 3 is 2.48 bits per heavy atom. The van der Waals surface area contributed by atoms with E-state index < -0.39 is 17.8 Å². The Morgan fingerprint density at radius 2 is 1.81 bits per heavy atom. The van der Waals surface area contributed by atoms with Crippen LogP contribution in [0.4, 0.5) is 4.39 Å². The van der Waals surface area contributed by atoms with Crippen molar-refractivity contribution < 1.29 is 23.4 Å². The number of methoxy groups -OCH3 is 1. The second-order valence-electron chi connectivity index (χ2n) is 10.6. The molecule has 0 aliphatic carbocycles. The summed E-state index contributed by atoms with van der Waals surface area (Å²) in [6.45, 7) is 2.10. The van der Waals surface area contributed by atoms with E-state index >= 15 is 0 Å². The van der Waals surface area contributed by atoms with Crippen LogP contribution < -0.4 is 24.4 Å². The number of thiazole rings is 1. The van der Waals surface area contributed by atoms with Gasteiger partial charge >= 0.3 is 5.97 Å². The second kappa shape index (κ2) is 14.4. The first-order valence-electron chi connectivity index (χ1n) is 14.8. The average Bonchev–Trinajstić information content (AvgIpc) is 3.41. The van der Waals surface area contributed by atoms with Crippen LogP contribution in [-0.2, 0) is 16.1 Å². The fourth-order valence-corrected chi connectivity index (χ4v) is 7.13. The molecule has 0 unspecified atom stereocenters. The molecule has 0 saturated carbocycles. The molecule has 4 aromatic carbocycles. The topological polar surface area (TPSA) is 103 Å². The standard InChI is InChI=1S/C37H27FIN3O5S/c1-3-46-36(44)31-32(25-7-5-4-6-8-25)41-37-42(33(31)26-13-15-27(38)16-14-26)35(43)30(48-37)19-24-17-28(39)34(29(18-24)45-2)47-21-23-11-9-22(20-40)10-12-23/h4-19,33H,3,21H2,1-2H3/b30-19-/t33-/m0/s1. The summed E-state index contributed by atoms with van der Waals surface area (Å²) < 4.78 is 33.9. The van der Waals surface area contributed by atoms with Crippen LogP contribution in [0.5, 0.6) is 11.5 Å². The number of benzene rings is 4. The second-order valence-corrected chi connectivity index (χ2v) is 12.8. The molecule has 0 radical (unpaired) electrons. The number of ether oxygens (including phenoxy) is 3. The van der Waals surface area contributed by atoms with Gasteiger partial charge in [0.25, 0.3) is 5.56 Å². The molecular formula is C37H27FIN3O5S. The molecule has 1 aromatic heterocycles. The van der Waals surface area contributed by atoms with Crippen molar-refractivity contribution in [2.24, 2.45) is 4.99 Å². The molecule has 5 aromatic rings. The van der Waals surface area contributed by atoms with Gasteiger partial charge in [0, 0.05) is 5.56 Å². The lowest BCUT2D eigenvalue weighted by molar-refractivity contribution is -0.138. The maximum absolute atomic E-state index is 14.2. The number of nitrogens with zero attached hydrogens (tertiary/aromatic N) is 3. The van der Waals surface area contributed by atoms with Crippen LogP contribution in [0.1, 0.15) is 40.8 Å². The molecular weight excluding hydrogens is 744 g/mol. The van der Waals surface area contributed by atoms with Gasteiger partial charge in [-0.2, -0.15) is 5.26 Å². The van der Waals surface area contributed by atoms with E-state index in [1.807, 2.05) is 48.5 Å². The zero-order chi connectivity index (χ0) is 33.8. The molecule has 6 rings (SSSR count). The molecule has 11 heteroatoms. The number of nitriles is 1. The molecule has 0 saturated heterocycles. The van der Waals surface area contributed by atoms with Gasteiger partial charge in [-0.25, -0.2) is 14.2 Å². The minimum absolute atomic E-state index is 0.124. The third-order valence-corrected chi connectivity index (χ3v) is 9.36. The van der Waals surface area contributed by atoms with Crippen molar-refractivity contribution in [2.75, 3.05) is 13.7 Å². The minimum Gasteiger partial charge on any atom is -0.493 e. The van der Waals surface area contributed by atoms with Gasteiger partial charge in [-0.05, 0) is 88.7 Å². The van der Waals surface area contributed by atoms with Gasteiger partial charge in [-0.15, -0.1) is 0 Å². The highest BCUT2D eigenvalue weighted by atomic mass is 127. The van der Waals surface area contributed by atoms with Gasteiger partial charge < -0.3 is 14.2 Å². The number of fused-ring (bicyclic) bond motifs is 1. The van der Waals surface area contributed by atoms with Crippen LogP contribution in [0.15, 0.2) is 106 Å². The van der Waals surface area contributed by atoms with Crippen molar-refractivity contribution in [3.05, 3.63) is 153 Å². The highest BCUT2D eigenvalue weighted by molar-refractivity contribution is 14.1. The molecule has 2 heterocycles. The van der Waals surface area contributed by atoms with Crippen molar-refractivity contribution in [3.8, 4) is 17.6 Å². The van der Waals surface area contributed by atoms with Gasteiger partial charge in [0.1, 0.15) is 12.4 Å². The van der Waals surface area contributed by atoms with Gasteiger partial charge in [0.05, 0.1) is 50.8 Å². The van der Waals surface area contributed by atoms with Gasteiger partial charge in [-0.3, -0.25) is 9.36 Å². The lowest BCUT2D eigenvalue weighted by Gasteiger charge is -2.25. The van der Waals surface area contributed by atoms with E-state index in [-0.39, 0.29) is 24.3 Å². The smallest absolute Gasteiger partial charge is 0.338 e. The molecule has 0 spiro atoms. The zero-order valence-corrected chi connectivity index (χ0v) is 28.8. The Kier molecular flexibility index (Phi) is 9.84. The summed E-state index contributed by atoms with van der Waals surface area (Å²) in [5.41, 5.74) is 3.58. The maximum atomic E-state index is 14.2. The molecule has 1 aliphatic rings. The number of carbonyl (C=O) groups is 1. The molecule has 240 valence electrons. The number of esters is 1. The Bertz CT molecular complexity index is 2260. The van der Waals surface area contributed by atoms with Crippen molar-refractivity contribution in [1.82, 2.24) is 4.57 Å². The average molecular weight is 772 g/mol. The van der Waals surface area contributed by atoms with E-state index in [0.29, 0.717) is 48.8 Å². The molecule has 0 N–H and O–H groups in total. The van der Waals surface area contributed by atoms with Crippen LogP contribution in [0.2, 0.25) is 0 Å². The normalized spacial score (nSPS) is 14.1. The number of hydrogen-bond donors (Lipinski definition) is 0. The molecule has 0 bridgehead atoms. The summed E-state index contributed by atoms with van der Waals surface area (Å²) in [4.78, 5) is 33.0. The number of hydrogen-bond acceptors (Lipinski definition) is 8. The van der Waals surface area contributed by atoms with Crippen LogP contribution >= 0.6 is 33.9 Å². The molecule has 1 aliphatic heterocycles. The summed E-state index contributed by atoms with van der Waals surface area (Å²) in [6.07, 6.45) is 1.75. The van der Waals surface area contributed by atoms with Crippen LogP contribution in [0, 0.1) is 20.7 Å². The van der Waals surface area contributed by atoms with Crippen molar-refractivity contribution in [1.29, 1.82) is 5.26 Å². The predicted molar refractivity (Wildman–Crippen MR) is 189 cm³/mol. The Hall–Kier alpha value is -5.06. The number of rotatable bonds is 9. The third-order valence-electron chi connectivity index (χ3n) is 7.58. The van der Waals surface area contributed by atoms with Crippen LogP contribution in [-0.4, -0.2) is 24.3 Å². The van der Waals surface area contributed by atoms with Gasteiger partial charge in [0.15, 0.2) is 16.3 Å². The first kappa shape index (κ1) is 32.9. The van der Waals surface area contributed by atoms with Gasteiger partial charge in [-0.1, -0.05) is 65.9 Å². The van der Waals surface area contributed by atoms with E-state index in [0.717, 1.165) is 9.13 Å². The fraction of sp³-hybridized carbons (Fsp3) is 0.135. The number of halogens is 2. The Morgan fingerprint density at radius 1 is 1.08 bits per heavy atom. The first-order valence-corrected chi connectivity index (χ1v) is 16.7. The Balaban J connectivity index is 1.47. The minimum atomic E-state index is -0.911. The number of carbonyl (C=O) groups excluding carboxylic acids is 1. The van der Waals surface area contributed by atoms with Crippen molar-refractivity contribution in [3.63, 3.8) is 0 Å². The number of aromatic nitrogens is 1. The predicted octanol–water partition coefficient (Wildman–Crippen LogP) is 6.14. The molecule has 0 fully saturated rings. The van der Waals surface area contributed by atoms with E-state index in [1.165, 1.54) is 28.0 Å². The van der Waals surface area contributed by atoms with E-state index in [1.54, 1.807) is 50.4 Å². The lowest BCUT2D eigenvalue weighted by Crippen LogP contribution is -2.40. The van der Waals surface area contributed by atoms with Crippen molar-refractivity contribution in [2.45, 2.75) is 19.6 Å². The summed E-state index contributed by atoms with van der Waals surface area (Å²) >= 11 is 3.35. The third kappa shape index (κ3) is 6.67. The highest BCUT2D eigenvalue weighted by Gasteiger charge is 2.35. The van der Waals surface area contributed by atoms with E-state index in [9.17, 15) is 14.0 Å². The summed E-state index contributed by atoms with van der Waals surface area (Å²) in [6, 6.07) is 27.0. The monoisotopic (exact) mass is 771 g/mol. The lowest BCUT2D eigenvalue weighted by atomic mass is 9.93. The molecule has 1 atom stereocenters. The molecule has 8 nitrogen and oxygen atoms in total. The zero-order valence-electron chi connectivity index (χ0n) is 25.8. The quantitative estimate of drug-likeness (QED) is 0.132. The summed E-state index contributed by atoms with van der Waals surface area (Å²) in [5.74, 6) is -0.0257. The van der Waals surface area contributed by atoms with E-state index in [2.05, 4.69) is 28.7 Å². The van der Waals surface area contributed by atoms with Crippen LogP contribution in [0.3, 0.4) is 0 Å². The molecule has 48 heavy (non-hydrogen) atoms. The fourth-order valence-electron chi connectivity index (χ4n) is 5.35. The van der Waals surface area contributed by atoms with E-state index in [4.69, 9.17) is 24.5 Å². The van der Waals surface area contributed by atoms with Crippen molar-refractivity contribution >= 4 is 51.7 Å². The summed E-state index contributed by atoms with van der Waals surface area (Å²) in [5, 5.41) is 9.06.